The van der Waals surface area contributed by atoms with E-state index in [2.05, 4.69) is 11.4 Å². The number of anilines is 1. The zero-order chi connectivity index (χ0) is 16.9. The van der Waals surface area contributed by atoms with Gasteiger partial charge in [-0.3, -0.25) is 9.59 Å². The fourth-order valence-corrected chi connectivity index (χ4v) is 3.55. The van der Waals surface area contributed by atoms with E-state index in [-0.39, 0.29) is 11.8 Å². The lowest BCUT2D eigenvalue weighted by molar-refractivity contribution is -0.117. The van der Waals surface area contributed by atoms with Gasteiger partial charge in [0.25, 0.3) is 5.91 Å². The third-order valence-corrected chi connectivity index (χ3v) is 4.92. The molecule has 1 aromatic carbocycles. The van der Waals surface area contributed by atoms with Crippen LogP contribution in [0.1, 0.15) is 55.3 Å². The van der Waals surface area contributed by atoms with Crippen LogP contribution in [0.2, 0.25) is 5.02 Å². The lowest BCUT2D eigenvalue weighted by atomic mass is 9.97. The van der Waals surface area contributed by atoms with Gasteiger partial charge in [-0.2, -0.15) is 0 Å². The first-order valence-electron chi connectivity index (χ1n) is 8.71. The van der Waals surface area contributed by atoms with Crippen LogP contribution in [0, 0.1) is 0 Å². The fraction of sp³-hybridized carbons (Fsp3) is 0.474. The molecule has 24 heavy (non-hydrogen) atoms. The van der Waals surface area contributed by atoms with Gasteiger partial charge < -0.3 is 10.2 Å². The van der Waals surface area contributed by atoms with Crippen LogP contribution in [0.3, 0.4) is 0 Å². The van der Waals surface area contributed by atoms with E-state index in [9.17, 15) is 9.59 Å². The molecule has 4 nitrogen and oxygen atoms in total. The average Bonchev–Trinajstić information content (AvgIpc) is 3.01. The topological polar surface area (TPSA) is 49.4 Å². The molecule has 1 aromatic rings. The van der Waals surface area contributed by atoms with Gasteiger partial charge in [0.15, 0.2) is 0 Å². The van der Waals surface area contributed by atoms with Crippen molar-refractivity contribution in [2.45, 2.75) is 44.9 Å². The van der Waals surface area contributed by atoms with Crippen LogP contribution in [0.15, 0.2) is 29.8 Å². The number of carbonyl (C=O) groups excluding carboxylic acids is 2. The molecule has 0 unspecified atom stereocenters. The molecule has 5 heteroatoms. The number of carbonyl (C=O) groups is 2. The largest absolute Gasteiger partial charge is 0.352 e. The third-order valence-electron chi connectivity index (χ3n) is 4.69. The van der Waals surface area contributed by atoms with Gasteiger partial charge in [0.2, 0.25) is 5.91 Å². The second-order valence-corrected chi connectivity index (χ2v) is 6.86. The van der Waals surface area contributed by atoms with Crippen LogP contribution >= 0.6 is 11.6 Å². The Labute approximate surface area is 147 Å². The number of hydrogen-bond donors (Lipinski definition) is 1. The van der Waals surface area contributed by atoms with Gasteiger partial charge in [0.05, 0.1) is 11.3 Å². The Hall–Kier alpha value is -1.81. The van der Waals surface area contributed by atoms with Crippen molar-refractivity contribution in [2.75, 3.05) is 18.0 Å². The highest BCUT2D eigenvalue weighted by Crippen LogP contribution is 2.28. The average molecular weight is 347 g/mol. The Bertz CT molecular complexity index is 669. The number of benzene rings is 1. The molecule has 1 aliphatic carbocycles. The summed E-state index contributed by atoms with van der Waals surface area (Å²) in [7, 11) is 0. The summed E-state index contributed by atoms with van der Waals surface area (Å²) in [5.74, 6) is -0.0866. The zero-order valence-electron chi connectivity index (χ0n) is 13.8. The van der Waals surface area contributed by atoms with Crippen molar-refractivity contribution in [2.24, 2.45) is 0 Å². The van der Waals surface area contributed by atoms with Crippen molar-refractivity contribution in [3.8, 4) is 0 Å². The standard InChI is InChI=1S/C19H23ClN2O2/c20-15-8-9-16(17(13-15)22-12-4-7-18(22)23)19(24)21-11-10-14-5-2-1-3-6-14/h5,8-9,13H,1-4,6-7,10-12H2,(H,21,24). The van der Waals surface area contributed by atoms with Crippen molar-refractivity contribution in [1.82, 2.24) is 5.32 Å². The quantitative estimate of drug-likeness (QED) is 0.816. The zero-order valence-corrected chi connectivity index (χ0v) is 14.6. The van der Waals surface area contributed by atoms with Crippen molar-refractivity contribution < 1.29 is 9.59 Å². The number of rotatable bonds is 5. The van der Waals surface area contributed by atoms with E-state index < -0.39 is 0 Å². The summed E-state index contributed by atoms with van der Waals surface area (Å²) in [6.45, 7) is 1.27. The molecule has 1 saturated heterocycles. The second kappa shape index (κ2) is 7.84. The normalized spacial score (nSPS) is 17.8. The highest BCUT2D eigenvalue weighted by atomic mass is 35.5. The summed E-state index contributed by atoms with van der Waals surface area (Å²) in [6.07, 6.45) is 9.37. The molecule has 0 atom stereocenters. The second-order valence-electron chi connectivity index (χ2n) is 6.42. The lowest BCUT2D eigenvalue weighted by Crippen LogP contribution is -2.30. The molecular formula is C19H23ClN2O2. The molecule has 1 N–H and O–H groups in total. The molecule has 128 valence electrons. The first kappa shape index (κ1) is 17.0. The Morgan fingerprint density at radius 1 is 1.21 bits per heavy atom. The summed E-state index contributed by atoms with van der Waals surface area (Å²) < 4.78 is 0. The summed E-state index contributed by atoms with van der Waals surface area (Å²) in [5.41, 5.74) is 2.58. The highest BCUT2D eigenvalue weighted by Gasteiger charge is 2.26. The minimum atomic E-state index is -0.141. The summed E-state index contributed by atoms with van der Waals surface area (Å²) in [5, 5.41) is 3.52. The van der Waals surface area contributed by atoms with Gasteiger partial charge in [-0.1, -0.05) is 23.3 Å². The minimum absolute atomic E-state index is 0.0543. The van der Waals surface area contributed by atoms with E-state index >= 15 is 0 Å². The molecule has 2 aliphatic rings. The molecule has 0 aromatic heterocycles. The maximum absolute atomic E-state index is 12.6. The van der Waals surface area contributed by atoms with Gasteiger partial charge in [-0.15, -0.1) is 0 Å². The molecule has 1 aliphatic heterocycles. The van der Waals surface area contributed by atoms with Gasteiger partial charge in [0, 0.05) is 24.5 Å². The third kappa shape index (κ3) is 3.99. The predicted molar refractivity (Wildman–Crippen MR) is 96.5 cm³/mol. The van der Waals surface area contributed by atoms with Crippen molar-refractivity contribution >= 4 is 29.1 Å². The monoisotopic (exact) mass is 346 g/mol. The molecule has 2 amide bonds. The van der Waals surface area contributed by atoms with Crippen LogP contribution in [0.25, 0.3) is 0 Å². The van der Waals surface area contributed by atoms with Crippen LogP contribution in [-0.4, -0.2) is 24.9 Å². The van der Waals surface area contributed by atoms with Crippen molar-refractivity contribution in [1.29, 1.82) is 0 Å². The van der Waals surface area contributed by atoms with E-state index in [4.69, 9.17) is 11.6 Å². The van der Waals surface area contributed by atoms with Crippen LogP contribution in [0.4, 0.5) is 5.69 Å². The van der Waals surface area contributed by atoms with Crippen molar-refractivity contribution in [3.63, 3.8) is 0 Å². The lowest BCUT2D eigenvalue weighted by Gasteiger charge is -2.20. The smallest absolute Gasteiger partial charge is 0.253 e. The van der Waals surface area contributed by atoms with Crippen LogP contribution in [-0.2, 0) is 4.79 Å². The van der Waals surface area contributed by atoms with E-state index in [0.717, 1.165) is 25.7 Å². The molecule has 0 saturated carbocycles. The number of nitrogens with zero attached hydrogens (tertiary/aromatic N) is 1. The Morgan fingerprint density at radius 3 is 2.79 bits per heavy atom. The summed E-state index contributed by atoms with van der Waals surface area (Å²) >= 11 is 6.08. The number of amides is 2. The minimum Gasteiger partial charge on any atom is -0.352 e. The van der Waals surface area contributed by atoms with Gasteiger partial charge in [-0.05, 0) is 56.7 Å². The van der Waals surface area contributed by atoms with E-state index in [1.54, 1.807) is 23.1 Å². The molecule has 0 radical (unpaired) electrons. The maximum Gasteiger partial charge on any atom is 0.253 e. The number of halogens is 1. The number of hydrogen-bond acceptors (Lipinski definition) is 2. The first-order valence-corrected chi connectivity index (χ1v) is 9.09. The van der Waals surface area contributed by atoms with Gasteiger partial charge in [0.1, 0.15) is 0 Å². The maximum atomic E-state index is 12.6. The van der Waals surface area contributed by atoms with Gasteiger partial charge >= 0.3 is 0 Å². The Morgan fingerprint density at radius 2 is 2.08 bits per heavy atom. The predicted octanol–water partition coefficient (Wildman–Crippen LogP) is 4.09. The van der Waals surface area contributed by atoms with Crippen LogP contribution < -0.4 is 10.2 Å². The van der Waals surface area contributed by atoms with Crippen LogP contribution in [0.5, 0.6) is 0 Å². The van der Waals surface area contributed by atoms with E-state index in [0.29, 0.717) is 35.8 Å². The van der Waals surface area contributed by atoms with E-state index in [1.807, 2.05) is 0 Å². The Balaban J connectivity index is 1.67. The molecule has 0 spiro atoms. The van der Waals surface area contributed by atoms with E-state index in [1.165, 1.54) is 18.4 Å². The molecule has 1 heterocycles. The summed E-state index contributed by atoms with van der Waals surface area (Å²) in [4.78, 5) is 26.3. The molecule has 0 bridgehead atoms. The summed E-state index contributed by atoms with van der Waals surface area (Å²) in [6, 6.07) is 5.12. The molecule has 3 rings (SSSR count). The SMILES string of the molecule is O=C(NCCC1=CCCCC1)c1ccc(Cl)cc1N1CCCC1=O. The number of allylic oxidation sites excluding steroid dienone is 1. The molecular weight excluding hydrogens is 324 g/mol. The molecule has 1 fully saturated rings. The Kier molecular flexibility index (Phi) is 5.56. The first-order chi connectivity index (χ1) is 11.6. The number of nitrogens with one attached hydrogen (secondary N) is 1. The highest BCUT2D eigenvalue weighted by molar-refractivity contribution is 6.31. The fourth-order valence-electron chi connectivity index (χ4n) is 3.39. The van der Waals surface area contributed by atoms with Gasteiger partial charge in [-0.25, -0.2) is 0 Å². The van der Waals surface area contributed by atoms with Crippen molar-refractivity contribution in [3.05, 3.63) is 40.4 Å².